The normalized spacial score (nSPS) is 12.2. The summed E-state index contributed by atoms with van der Waals surface area (Å²) >= 11 is 0. The molecule has 0 bridgehead atoms. The van der Waals surface area contributed by atoms with E-state index >= 15 is 0 Å². The average molecular weight is 264 g/mol. The Morgan fingerprint density at radius 1 is 1.00 bits per heavy atom. The van der Waals surface area contributed by atoms with Gasteiger partial charge in [-0.05, 0) is 24.1 Å². The first kappa shape index (κ1) is 12.6. The van der Waals surface area contributed by atoms with E-state index in [1.807, 2.05) is 41.1 Å². The minimum absolute atomic E-state index is 0.0971. The first-order valence-corrected chi connectivity index (χ1v) is 6.57. The highest BCUT2D eigenvalue weighted by Gasteiger charge is 2.13. The molecule has 0 aliphatic rings. The van der Waals surface area contributed by atoms with E-state index in [4.69, 9.17) is 5.73 Å². The summed E-state index contributed by atoms with van der Waals surface area (Å²) in [6, 6.07) is 14.0. The lowest BCUT2D eigenvalue weighted by atomic mass is 10.0. The van der Waals surface area contributed by atoms with Gasteiger partial charge in [-0.25, -0.2) is 4.98 Å². The van der Waals surface area contributed by atoms with Crippen molar-refractivity contribution in [2.45, 2.75) is 12.5 Å². The van der Waals surface area contributed by atoms with Crippen LogP contribution in [-0.4, -0.2) is 14.5 Å². The van der Waals surface area contributed by atoms with Crippen LogP contribution in [0.3, 0.4) is 0 Å². The quantitative estimate of drug-likeness (QED) is 0.787. The summed E-state index contributed by atoms with van der Waals surface area (Å²) in [6.07, 6.45) is 7.94. The lowest BCUT2D eigenvalue weighted by Gasteiger charge is -2.14. The molecule has 2 N–H and O–H groups in total. The van der Waals surface area contributed by atoms with Crippen LogP contribution in [0.25, 0.3) is 5.69 Å². The van der Waals surface area contributed by atoms with Crippen molar-refractivity contribution in [1.82, 2.24) is 14.5 Å². The Bertz CT molecular complexity index is 661. The van der Waals surface area contributed by atoms with E-state index in [1.54, 1.807) is 18.7 Å². The highest BCUT2D eigenvalue weighted by molar-refractivity contribution is 5.31. The molecule has 20 heavy (non-hydrogen) atoms. The third-order valence-electron chi connectivity index (χ3n) is 3.27. The lowest BCUT2D eigenvalue weighted by molar-refractivity contribution is 0.678. The molecule has 0 spiro atoms. The van der Waals surface area contributed by atoms with E-state index in [0.29, 0.717) is 0 Å². The van der Waals surface area contributed by atoms with Gasteiger partial charge in [0.2, 0.25) is 0 Å². The van der Waals surface area contributed by atoms with Crippen LogP contribution in [-0.2, 0) is 6.42 Å². The first-order chi connectivity index (χ1) is 9.84. The third kappa shape index (κ3) is 2.60. The van der Waals surface area contributed by atoms with E-state index in [9.17, 15) is 0 Å². The van der Waals surface area contributed by atoms with Crippen LogP contribution in [0, 0.1) is 0 Å². The Morgan fingerprint density at radius 3 is 2.60 bits per heavy atom. The van der Waals surface area contributed by atoms with Crippen molar-refractivity contribution in [2.75, 3.05) is 0 Å². The highest BCUT2D eigenvalue weighted by atomic mass is 15.1. The Balaban J connectivity index is 1.86. The molecule has 2 aromatic heterocycles. The molecule has 2 heterocycles. The third-order valence-corrected chi connectivity index (χ3v) is 3.27. The van der Waals surface area contributed by atoms with Crippen molar-refractivity contribution in [3.05, 3.63) is 78.6 Å². The summed E-state index contributed by atoms with van der Waals surface area (Å²) < 4.78 is 1.99. The molecule has 100 valence electrons. The van der Waals surface area contributed by atoms with Crippen molar-refractivity contribution in [3.8, 4) is 5.69 Å². The Labute approximate surface area is 117 Å². The number of benzene rings is 1. The zero-order valence-corrected chi connectivity index (χ0v) is 11.1. The summed E-state index contributed by atoms with van der Waals surface area (Å²) in [6.45, 7) is 0. The molecule has 1 atom stereocenters. The molecule has 0 saturated carbocycles. The molecule has 0 saturated heterocycles. The van der Waals surface area contributed by atoms with Gasteiger partial charge >= 0.3 is 0 Å². The standard InChI is InChI=1S/C16H16N4/c17-15(9-13-5-2-1-3-6-13)16-11-19-12-20(16)14-7-4-8-18-10-14/h1-8,10-12,15H,9,17H2/t15-/m1/s1. The second-order valence-corrected chi connectivity index (χ2v) is 4.70. The number of aromatic nitrogens is 3. The molecule has 0 radical (unpaired) electrons. The van der Waals surface area contributed by atoms with Crippen molar-refractivity contribution < 1.29 is 0 Å². The van der Waals surface area contributed by atoms with Crippen molar-refractivity contribution in [2.24, 2.45) is 5.73 Å². The van der Waals surface area contributed by atoms with Gasteiger partial charge in [-0.3, -0.25) is 4.98 Å². The zero-order chi connectivity index (χ0) is 13.8. The van der Waals surface area contributed by atoms with Crippen LogP contribution >= 0.6 is 0 Å². The van der Waals surface area contributed by atoms with Gasteiger partial charge in [0.05, 0.1) is 36.1 Å². The van der Waals surface area contributed by atoms with Crippen LogP contribution in [0.1, 0.15) is 17.3 Å². The topological polar surface area (TPSA) is 56.7 Å². The van der Waals surface area contributed by atoms with Crippen molar-refractivity contribution in [1.29, 1.82) is 0 Å². The average Bonchev–Trinajstić information content (AvgIpc) is 2.99. The maximum Gasteiger partial charge on any atom is 0.0995 e. The molecular formula is C16H16N4. The van der Waals surface area contributed by atoms with Crippen LogP contribution in [0.2, 0.25) is 0 Å². The summed E-state index contributed by atoms with van der Waals surface area (Å²) in [7, 11) is 0. The Hall–Kier alpha value is -2.46. The van der Waals surface area contributed by atoms with Gasteiger partial charge in [-0.15, -0.1) is 0 Å². The minimum atomic E-state index is -0.0971. The number of hydrogen-bond acceptors (Lipinski definition) is 3. The van der Waals surface area contributed by atoms with Gasteiger partial charge in [-0.2, -0.15) is 0 Å². The predicted molar refractivity (Wildman–Crippen MR) is 78.4 cm³/mol. The van der Waals surface area contributed by atoms with Crippen LogP contribution in [0.4, 0.5) is 0 Å². The number of hydrogen-bond donors (Lipinski definition) is 1. The summed E-state index contributed by atoms with van der Waals surface area (Å²) in [5, 5.41) is 0. The van der Waals surface area contributed by atoms with Gasteiger partial charge in [-0.1, -0.05) is 30.3 Å². The van der Waals surface area contributed by atoms with Crippen molar-refractivity contribution in [3.63, 3.8) is 0 Å². The van der Waals surface area contributed by atoms with E-state index in [-0.39, 0.29) is 6.04 Å². The second kappa shape index (κ2) is 5.67. The van der Waals surface area contributed by atoms with Crippen molar-refractivity contribution >= 4 is 0 Å². The molecule has 3 aromatic rings. The Kier molecular flexibility index (Phi) is 3.56. The molecule has 4 nitrogen and oxygen atoms in total. The van der Waals surface area contributed by atoms with E-state index in [1.165, 1.54) is 5.56 Å². The number of pyridine rings is 1. The van der Waals surface area contributed by atoms with Gasteiger partial charge < -0.3 is 10.3 Å². The molecule has 0 unspecified atom stereocenters. The maximum absolute atomic E-state index is 6.33. The van der Waals surface area contributed by atoms with Gasteiger partial charge in [0.15, 0.2) is 0 Å². The smallest absolute Gasteiger partial charge is 0.0995 e. The van der Waals surface area contributed by atoms with E-state index in [0.717, 1.165) is 17.8 Å². The predicted octanol–water partition coefficient (Wildman–Crippen LogP) is 2.51. The monoisotopic (exact) mass is 264 g/mol. The number of nitrogens with two attached hydrogens (primary N) is 1. The fourth-order valence-electron chi connectivity index (χ4n) is 2.26. The zero-order valence-electron chi connectivity index (χ0n) is 11.1. The van der Waals surface area contributed by atoms with Crippen LogP contribution in [0.15, 0.2) is 67.4 Å². The minimum Gasteiger partial charge on any atom is -0.322 e. The highest BCUT2D eigenvalue weighted by Crippen LogP contribution is 2.19. The van der Waals surface area contributed by atoms with E-state index in [2.05, 4.69) is 22.1 Å². The lowest BCUT2D eigenvalue weighted by Crippen LogP contribution is -2.17. The molecule has 1 aromatic carbocycles. The molecule has 0 aliphatic heterocycles. The summed E-state index contributed by atoms with van der Waals surface area (Å²) in [5.41, 5.74) is 9.51. The summed E-state index contributed by atoms with van der Waals surface area (Å²) in [5.74, 6) is 0. The fraction of sp³-hybridized carbons (Fsp3) is 0.125. The first-order valence-electron chi connectivity index (χ1n) is 6.57. The SMILES string of the molecule is N[C@H](Cc1ccccc1)c1cncn1-c1cccnc1. The second-order valence-electron chi connectivity index (χ2n) is 4.70. The summed E-state index contributed by atoms with van der Waals surface area (Å²) in [4.78, 5) is 8.35. The number of imidazole rings is 1. The van der Waals surface area contributed by atoms with Crippen LogP contribution < -0.4 is 5.73 Å². The number of rotatable bonds is 4. The molecule has 0 fully saturated rings. The molecule has 4 heteroatoms. The van der Waals surface area contributed by atoms with E-state index < -0.39 is 0 Å². The van der Waals surface area contributed by atoms with Crippen LogP contribution in [0.5, 0.6) is 0 Å². The fourth-order valence-corrected chi connectivity index (χ4v) is 2.26. The molecule has 0 aliphatic carbocycles. The maximum atomic E-state index is 6.33. The van der Waals surface area contributed by atoms with Gasteiger partial charge in [0.1, 0.15) is 0 Å². The van der Waals surface area contributed by atoms with Gasteiger partial charge in [0.25, 0.3) is 0 Å². The number of nitrogens with zero attached hydrogens (tertiary/aromatic N) is 3. The van der Waals surface area contributed by atoms with Gasteiger partial charge in [0, 0.05) is 6.20 Å². The Morgan fingerprint density at radius 2 is 1.85 bits per heavy atom. The largest absolute Gasteiger partial charge is 0.322 e. The molecule has 0 amide bonds. The molecular weight excluding hydrogens is 248 g/mol. The molecule has 3 rings (SSSR count).